The maximum absolute atomic E-state index is 13.9. The van der Waals surface area contributed by atoms with Crippen molar-refractivity contribution in [3.8, 4) is 5.75 Å². The van der Waals surface area contributed by atoms with Gasteiger partial charge in [0.05, 0.1) is 19.1 Å². The highest BCUT2D eigenvalue weighted by molar-refractivity contribution is 7.92. The lowest BCUT2D eigenvalue weighted by atomic mass is 10.0. The zero-order valence-electron chi connectivity index (χ0n) is 23.9. The SMILES string of the molecule is COc1ccccc1N(CCCC(=O)N(Cc1ccccc1Cl)[C@@H](Cc1ccccc1)C(=O)NC(C)C)S(C)(=O)=O. The van der Waals surface area contributed by atoms with E-state index < -0.39 is 16.1 Å². The van der Waals surface area contributed by atoms with E-state index in [1.807, 2.05) is 62.4 Å². The number of anilines is 1. The summed E-state index contributed by atoms with van der Waals surface area (Å²) in [4.78, 5) is 28.9. The van der Waals surface area contributed by atoms with Gasteiger partial charge in [-0.05, 0) is 49.6 Å². The summed E-state index contributed by atoms with van der Waals surface area (Å²) in [6.07, 6.45) is 1.68. The van der Waals surface area contributed by atoms with Gasteiger partial charge in [-0.25, -0.2) is 8.42 Å². The third kappa shape index (κ3) is 9.23. The molecule has 0 unspecified atom stereocenters. The molecule has 0 aliphatic heterocycles. The molecule has 1 atom stereocenters. The van der Waals surface area contributed by atoms with Gasteiger partial charge in [0.15, 0.2) is 0 Å². The Morgan fingerprint density at radius 1 is 0.951 bits per heavy atom. The molecule has 0 saturated carbocycles. The number of methoxy groups -OCH3 is 1. The molecule has 0 aliphatic rings. The zero-order chi connectivity index (χ0) is 30.0. The summed E-state index contributed by atoms with van der Waals surface area (Å²) in [6, 6.07) is 22.7. The minimum atomic E-state index is -3.66. The number of hydrogen-bond acceptors (Lipinski definition) is 5. The average Bonchev–Trinajstić information content (AvgIpc) is 2.93. The second-order valence-electron chi connectivity index (χ2n) is 10.1. The number of nitrogens with one attached hydrogen (secondary N) is 1. The van der Waals surface area contributed by atoms with Crippen molar-refractivity contribution in [2.75, 3.05) is 24.2 Å². The second-order valence-corrected chi connectivity index (χ2v) is 12.4. The number of amides is 2. The molecule has 0 aromatic heterocycles. The normalized spacial score (nSPS) is 12.0. The van der Waals surface area contributed by atoms with E-state index in [1.54, 1.807) is 35.2 Å². The van der Waals surface area contributed by atoms with Crippen LogP contribution in [0, 0.1) is 0 Å². The van der Waals surface area contributed by atoms with Gasteiger partial charge in [-0.15, -0.1) is 0 Å². The molecule has 3 aromatic rings. The fraction of sp³-hybridized carbons (Fsp3) is 0.355. The first-order valence-corrected chi connectivity index (χ1v) is 15.7. The molecule has 41 heavy (non-hydrogen) atoms. The van der Waals surface area contributed by atoms with Crippen molar-refractivity contribution in [2.24, 2.45) is 0 Å². The first-order valence-electron chi connectivity index (χ1n) is 13.5. The number of benzene rings is 3. The number of ether oxygens (including phenoxy) is 1. The number of hydrogen-bond donors (Lipinski definition) is 1. The highest BCUT2D eigenvalue weighted by Crippen LogP contribution is 2.30. The predicted octanol–water partition coefficient (Wildman–Crippen LogP) is 5.06. The Labute approximate surface area is 248 Å². The number of nitrogens with zero attached hydrogens (tertiary/aromatic N) is 2. The van der Waals surface area contributed by atoms with E-state index in [0.717, 1.165) is 11.8 Å². The van der Waals surface area contributed by atoms with Gasteiger partial charge in [0.2, 0.25) is 21.8 Å². The van der Waals surface area contributed by atoms with Crippen LogP contribution < -0.4 is 14.4 Å². The van der Waals surface area contributed by atoms with E-state index >= 15 is 0 Å². The minimum absolute atomic E-state index is 0.0197. The molecule has 0 fully saturated rings. The molecule has 0 spiro atoms. The molecular formula is C31H38ClN3O5S. The van der Waals surface area contributed by atoms with Crippen LogP contribution in [0.15, 0.2) is 78.9 Å². The van der Waals surface area contributed by atoms with Crippen molar-refractivity contribution in [3.63, 3.8) is 0 Å². The molecule has 0 bridgehead atoms. The standard InChI is InChI=1S/C31H38ClN3O5S/c1-23(2)33-31(37)28(21-24-13-6-5-7-14-24)34(22-25-15-8-9-16-26(25)32)30(36)19-12-20-35(41(4,38)39)27-17-10-11-18-29(27)40-3/h5-11,13-18,23,28H,12,19-22H2,1-4H3,(H,33,37)/t28-/m0/s1. The number of carbonyl (C=O) groups is 2. The van der Waals surface area contributed by atoms with Crippen LogP contribution in [-0.4, -0.2) is 57.1 Å². The topological polar surface area (TPSA) is 96.0 Å². The van der Waals surface area contributed by atoms with Crippen LogP contribution in [0.2, 0.25) is 5.02 Å². The van der Waals surface area contributed by atoms with E-state index in [-0.39, 0.29) is 43.8 Å². The molecule has 0 radical (unpaired) electrons. The van der Waals surface area contributed by atoms with E-state index in [4.69, 9.17) is 16.3 Å². The quantitative estimate of drug-likeness (QED) is 0.279. The van der Waals surface area contributed by atoms with E-state index in [0.29, 0.717) is 28.4 Å². The summed E-state index contributed by atoms with van der Waals surface area (Å²) in [5.74, 6) is -0.132. The van der Waals surface area contributed by atoms with Crippen LogP contribution >= 0.6 is 11.6 Å². The van der Waals surface area contributed by atoms with Gasteiger partial charge >= 0.3 is 0 Å². The fourth-order valence-corrected chi connectivity index (χ4v) is 5.73. The molecule has 0 saturated heterocycles. The monoisotopic (exact) mass is 599 g/mol. The van der Waals surface area contributed by atoms with Gasteiger partial charge < -0.3 is 15.0 Å². The van der Waals surface area contributed by atoms with Crippen LogP contribution in [0.5, 0.6) is 5.75 Å². The number of carbonyl (C=O) groups excluding carboxylic acids is 2. The van der Waals surface area contributed by atoms with Gasteiger partial charge in [0.1, 0.15) is 11.8 Å². The van der Waals surface area contributed by atoms with E-state index in [2.05, 4.69) is 5.32 Å². The summed E-state index contributed by atoms with van der Waals surface area (Å²) in [5.41, 5.74) is 2.02. The lowest BCUT2D eigenvalue weighted by molar-refractivity contribution is -0.141. The van der Waals surface area contributed by atoms with Crippen LogP contribution in [0.25, 0.3) is 0 Å². The highest BCUT2D eigenvalue weighted by atomic mass is 35.5. The smallest absolute Gasteiger partial charge is 0.243 e. The molecule has 10 heteroatoms. The Morgan fingerprint density at radius 2 is 1.59 bits per heavy atom. The van der Waals surface area contributed by atoms with Crippen molar-refractivity contribution in [2.45, 2.75) is 51.7 Å². The Balaban J connectivity index is 1.90. The Hall–Kier alpha value is -3.56. The molecule has 3 rings (SSSR count). The number of rotatable bonds is 14. The van der Waals surface area contributed by atoms with Gasteiger partial charge in [0.25, 0.3) is 0 Å². The van der Waals surface area contributed by atoms with Crippen molar-refractivity contribution in [3.05, 3.63) is 95.0 Å². The largest absolute Gasteiger partial charge is 0.495 e. The lowest BCUT2D eigenvalue weighted by Crippen LogP contribution is -2.51. The number of halogens is 1. The molecule has 3 aromatic carbocycles. The van der Waals surface area contributed by atoms with Crippen LogP contribution in [-0.2, 0) is 32.6 Å². The first kappa shape index (κ1) is 32.0. The van der Waals surface area contributed by atoms with Gasteiger partial charge in [-0.2, -0.15) is 0 Å². The molecule has 0 aliphatic carbocycles. The molecule has 1 N–H and O–H groups in total. The Kier molecular flexibility index (Phi) is 11.6. The summed E-state index contributed by atoms with van der Waals surface area (Å²) in [7, 11) is -2.18. The zero-order valence-corrected chi connectivity index (χ0v) is 25.5. The average molecular weight is 600 g/mol. The van der Waals surface area contributed by atoms with E-state index in [9.17, 15) is 18.0 Å². The van der Waals surface area contributed by atoms with Crippen molar-refractivity contribution in [1.82, 2.24) is 10.2 Å². The summed E-state index contributed by atoms with van der Waals surface area (Å²) >= 11 is 6.47. The van der Waals surface area contributed by atoms with Crippen molar-refractivity contribution >= 4 is 39.1 Å². The second kappa shape index (κ2) is 14.9. The van der Waals surface area contributed by atoms with Crippen LogP contribution in [0.1, 0.15) is 37.8 Å². The summed E-state index contributed by atoms with van der Waals surface area (Å²) in [6.45, 7) is 3.93. The number of para-hydroxylation sites is 2. The van der Waals surface area contributed by atoms with Gasteiger partial charge in [-0.1, -0.05) is 72.3 Å². The highest BCUT2D eigenvalue weighted by Gasteiger charge is 2.31. The molecule has 8 nitrogen and oxygen atoms in total. The maximum atomic E-state index is 13.9. The molecule has 220 valence electrons. The third-order valence-electron chi connectivity index (χ3n) is 6.51. The van der Waals surface area contributed by atoms with Gasteiger partial charge in [0, 0.05) is 37.0 Å². The molecule has 2 amide bonds. The lowest BCUT2D eigenvalue weighted by Gasteiger charge is -2.32. The van der Waals surface area contributed by atoms with Crippen LogP contribution in [0.4, 0.5) is 5.69 Å². The third-order valence-corrected chi connectivity index (χ3v) is 8.06. The van der Waals surface area contributed by atoms with Gasteiger partial charge in [-0.3, -0.25) is 13.9 Å². The van der Waals surface area contributed by atoms with Crippen molar-refractivity contribution < 1.29 is 22.7 Å². The summed E-state index contributed by atoms with van der Waals surface area (Å²) in [5, 5.41) is 3.45. The summed E-state index contributed by atoms with van der Waals surface area (Å²) < 4.78 is 32.0. The minimum Gasteiger partial charge on any atom is -0.495 e. The Morgan fingerprint density at radius 3 is 2.22 bits per heavy atom. The van der Waals surface area contributed by atoms with Crippen LogP contribution in [0.3, 0.4) is 0 Å². The van der Waals surface area contributed by atoms with Crippen molar-refractivity contribution in [1.29, 1.82) is 0 Å². The predicted molar refractivity (Wildman–Crippen MR) is 164 cm³/mol. The molecular weight excluding hydrogens is 562 g/mol. The maximum Gasteiger partial charge on any atom is 0.243 e. The first-order chi connectivity index (χ1) is 19.5. The fourth-order valence-electron chi connectivity index (χ4n) is 4.56. The van der Waals surface area contributed by atoms with E-state index in [1.165, 1.54) is 11.4 Å². The number of sulfonamides is 1. The Bertz CT molecular complexity index is 1420. The molecule has 0 heterocycles.